The van der Waals surface area contributed by atoms with Crippen LogP contribution in [-0.2, 0) is 11.2 Å². The molecule has 2 aliphatic rings. The first kappa shape index (κ1) is 10.1. The molecule has 3 heteroatoms. The molecule has 0 radical (unpaired) electrons. The molecule has 2 N–H and O–H groups in total. The van der Waals surface area contributed by atoms with Gasteiger partial charge in [0, 0.05) is 25.6 Å². The third kappa shape index (κ3) is 1.43. The lowest BCUT2D eigenvalue weighted by molar-refractivity contribution is -0.135. The summed E-state index contributed by atoms with van der Waals surface area (Å²) in [6.07, 6.45) is 2.64. The van der Waals surface area contributed by atoms with Crippen molar-refractivity contribution in [2.24, 2.45) is 0 Å². The van der Waals surface area contributed by atoms with Gasteiger partial charge in [-0.05, 0) is 18.1 Å². The highest BCUT2D eigenvalue weighted by Gasteiger charge is 2.50. The molecule has 1 aliphatic carbocycles. The number of ether oxygens (including phenoxy) is 1. The fourth-order valence-corrected chi connectivity index (χ4v) is 2.80. The van der Waals surface area contributed by atoms with Crippen molar-refractivity contribution >= 4 is 5.69 Å². The average molecular weight is 219 g/mol. The molecule has 16 heavy (non-hydrogen) atoms. The quantitative estimate of drug-likeness (QED) is 0.793. The van der Waals surface area contributed by atoms with Crippen LogP contribution in [0.1, 0.15) is 18.4 Å². The Morgan fingerprint density at radius 3 is 2.81 bits per heavy atom. The van der Waals surface area contributed by atoms with Crippen LogP contribution >= 0.6 is 0 Å². The van der Waals surface area contributed by atoms with Gasteiger partial charge in [-0.15, -0.1) is 0 Å². The number of methoxy groups -OCH3 is 1. The topological polar surface area (TPSA) is 41.5 Å². The molecule has 1 aromatic rings. The molecule has 1 fully saturated rings. The zero-order valence-corrected chi connectivity index (χ0v) is 9.44. The second-order valence-corrected chi connectivity index (χ2v) is 4.93. The molecule has 0 spiro atoms. The van der Waals surface area contributed by atoms with E-state index >= 15 is 0 Å². The van der Waals surface area contributed by atoms with E-state index in [1.807, 2.05) is 12.1 Å². The number of fused-ring (bicyclic) bond motifs is 1. The summed E-state index contributed by atoms with van der Waals surface area (Å²) in [5.41, 5.74) is 1.89. The highest BCUT2D eigenvalue weighted by Crippen LogP contribution is 2.42. The molecule has 1 unspecified atom stereocenters. The Morgan fingerprint density at radius 1 is 1.38 bits per heavy atom. The minimum Gasteiger partial charge on any atom is -0.388 e. The summed E-state index contributed by atoms with van der Waals surface area (Å²) >= 11 is 0. The van der Waals surface area contributed by atoms with Crippen molar-refractivity contribution in [2.45, 2.75) is 37.0 Å². The van der Waals surface area contributed by atoms with Gasteiger partial charge in [-0.2, -0.15) is 0 Å². The Balaban J connectivity index is 1.73. The maximum atomic E-state index is 10.4. The number of para-hydroxylation sites is 1. The van der Waals surface area contributed by atoms with Crippen LogP contribution in [0.25, 0.3) is 0 Å². The van der Waals surface area contributed by atoms with E-state index in [9.17, 15) is 5.11 Å². The fraction of sp³-hybridized carbons (Fsp3) is 0.538. The molecule has 3 nitrogen and oxygen atoms in total. The predicted molar refractivity (Wildman–Crippen MR) is 62.5 cm³/mol. The molecule has 86 valence electrons. The molecule has 1 heterocycles. The largest absolute Gasteiger partial charge is 0.388 e. The zero-order valence-electron chi connectivity index (χ0n) is 9.44. The highest BCUT2D eigenvalue weighted by molar-refractivity contribution is 5.57. The normalized spacial score (nSPS) is 36.4. The van der Waals surface area contributed by atoms with Gasteiger partial charge in [0.05, 0.1) is 17.7 Å². The molecule has 0 saturated heterocycles. The van der Waals surface area contributed by atoms with E-state index in [0.29, 0.717) is 0 Å². The fourth-order valence-electron chi connectivity index (χ4n) is 2.80. The molecule has 0 bridgehead atoms. The zero-order chi connectivity index (χ0) is 11.2. The summed E-state index contributed by atoms with van der Waals surface area (Å²) in [7, 11) is 1.71. The molecule has 1 aliphatic heterocycles. The number of rotatable bonds is 2. The molecule has 0 aromatic heterocycles. The minimum atomic E-state index is -0.584. The van der Waals surface area contributed by atoms with Crippen molar-refractivity contribution in [3.8, 4) is 0 Å². The van der Waals surface area contributed by atoms with Crippen LogP contribution in [0, 0.1) is 0 Å². The van der Waals surface area contributed by atoms with Gasteiger partial charge in [-0.25, -0.2) is 0 Å². The van der Waals surface area contributed by atoms with E-state index in [2.05, 4.69) is 17.4 Å². The second kappa shape index (κ2) is 3.47. The smallest absolute Gasteiger partial charge is 0.0900 e. The van der Waals surface area contributed by atoms with Crippen molar-refractivity contribution in [2.75, 3.05) is 12.4 Å². The molecule has 0 amide bonds. The lowest BCUT2D eigenvalue weighted by Gasteiger charge is -2.46. The Hall–Kier alpha value is -1.06. The summed E-state index contributed by atoms with van der Waals surface area (Å²) in [5, 5.41) is 13.9. The van der Waals surface area contributed by atoms with Crippen LogP contribution in [0.5, 0.6) is 0 Å². The van der Waals surface area contributed by atoms with Crippen molar-refractivity contribution in [1.82, 2.24) is 0 Å². The molecule has 1 aromatic carbocycles. The van der Waals surface area contributed by atoms with Gasteiger partial charge in [0.15, 0.2) is 0 Å². The van der Waals surface area contributed by atoms with Crippen LogP contribution in [-0.4, -0.2) is 30.0 Å². The summed E-state index contributed by atoms with van der Waals surface area (Å²) in [5.74, 6) is 0. The van der Waals surface area contributed by atoms with Crippen LogP contribution in [0.2, 0.25) is 0 Å². The number of anilines is 1. The summed E-state index contributed by atoms with van der Waals surface area (Å²) in [6.45, 7) is 0. The first-order valence-corrected chi connectivity index (χ1v) is 5.81. The molecule has 1 saturated carbocycles. The third-order valence-electron chi connectivity index (χ3n) is 3.92. The lowest BCUT2D eigenvalue weighted by Crippen LogP contribution is -2.58. The molecule has 3 rings (SSSR count). The lowest BCUT2D eigenvalue weighted by atomic mass is 9.71. The Morgan fingerprint density at radius 2 is 2.12 bits per heavy atom. The van der Waals surface area contributed by atoms with Gasteiger partial charge < -0.3 is 15.2 Å². The summed E-state index contributed by atoms with van der Waals surface area (Å²) in [4.78, 5) is 0. The molecule has 1 atom stereocenters. The van der Waals surface area contributed by atoms with Crippen LogP contribution in [0.4, 0.5) is 5.69 Å². The van der Waals surface area contributed by atoms with Crippen molar-refractivity contribution in [3.63, 3.8) is 0 Å². The molecular weight excluding hydrogens is 202 g/mol. The Kier molecular flexibility index (Phi) is 2.19. The van der Waals surface area contributed by atoms with E-state index in [0.717, 1.165) is 19.3 Å². The van der Waals surface area contributed by atoms with E-state index in [1.165, 1.54) is 11.3 Å². The SMILES string of the molecule is COC1CC(O)(C2Cc3ccccc3N2)C1. The van der Waals surface area contributed by atoms with Crippen LogP contribution < -0.4 is 5.32 Å². The van der Waals surface area contributed by atoms with Gasteiger partial charge in [0.1, 0.15) is 0 Å². The predicted octanol–water partition coefficient (Wildman–Crippen LogP) is 1.56. The third-order valence-corrected chi connectivity index (χ3v) is 3.92. The number of aliphatic hydroxyl groups is 1. The maximum absolute atomic E-state index is 10.4. The van der Waals surface area contributed by atoms with Crippen molar-refractivity contribution < 1.29 is 9.84 Å². The minimum absolute atomic E-state index is 0.149. The van der Waals surface area contributed by atoms with Gasteiger partial charge in [0.25, 0.3) is 0 Å². The van der Waals surface area contributed by atoms with E-state index in [4.69, 9.17) is 4.74 Å². The van der Waals surface area contributed by atoms with Gasteiger partial charge in [-0.3, -0.25) is 0 Å². The molecular formula is C13H17NO2. The Bertz CT molecular complexity index is 374. The Labute approximate surface area is 95.4 Å². The second-order valence-electron chi connectivity index (χ2n) is 4.93. The maximum Gasteiger partial charge on any atom is 0.0900 e. The number of hydrogen-bond acceptors (Lipinski definition) is 3. The number of hydrogen-bond donors (Lipinski definition) is 2. The highest BCUT2D eigenvalue weighted by atomic mass is 16.5. The van der Waals surface area contributed by atoms with Crippen LogP contribution in [0.3, 0.4) is 0 Å². The summed E-state index contributed by atoms with van der Waals surface area (Å²) in [6, 6.07) is 8.42. The number of nitrogens with one attached hydrogen (secondary N) is 1. The van der Waals surface area contributed by atoms with Gasteiger partial charge in [-0.1, -0.05) is 18.2 Å². The number of benzene rings is 1. The van der Waals surface area contributed by atoms with Crippen LogP contribution in [0.15, 0.2) is 24.3 Å². The summed E-state index contributed by atoms with van der Waals surface area (Å²) < 4.78 is 5.23. The van der Waals surface area contributed by atoms with Gasteiger partial charge in [0.2, 0.25) is 0 Å². The standard InChI is InChI=1S/C13H17NO2/c1-16-10-7-13(15,8-10)12-6-9-4-2-3-5-11(9)14-12/h2-5,10,12,14-15H,6-8H2,1H3. The van der Waals surface area contributed by atoms with Crippen molar-refractivity contribution in [1.29, 1.82) is 0 Å². The van der Waals surface area contributed by atoms with Crippen molar-refractivity contribution in [3.05, 3.63) is 29.8 Å². The average Bonchev–Trinajstić information content (AvgIpc) is 2.68. The van der Waals surface area contributed by atoms with E-state index in [1.54, 1.807) is 7.11 Å². The van der Waals surface area contributed by atoms with E-state index < -0.39 is 5.60 Å². The first-order chi connectivity index (χ1) is 7.71. The monoisotopic (exact) mass is 219 g/mol. The van der Waals surface area contributed by atoms with E-state index in [-0.39, 0.29) is 12.1 Å². The van der Waals surface area contributed by atoms with Gasteiger partial charge >= 0.3 is 0 Å². The first-order valence-electron chi connectivity index (χ1n) is 5.81.